The average molecular weight is 267 g/mol. The molecule has 3 rings (SSSR count). The molecule has 0 saturated heterocycles. The lowest BCUT2D eigenvalue weighted by Gasteiger charge is -2.20. The lowest BCUT2D eigenvalue weighted by Crippen LogP contribution is -2.14. The minimum absolute atomic E-state index is 0.660. The van der Waals surface area contributed by atoms with Gasteiger partial charge in [0.05, 0.1) is 23.1 Å². The van der Waals surface area contributed by atoms with E-state index in [-0.39, 0.29) is 0 Å². The van der Waals surface area contributed by atoms with Gasteiger partial charge in [-0.2, -0.15) is 18.3 Å². The Balaban J connectivity index is 2.05. The van der Waals surface area contributed by atoms with Crippen LogP contribution in [0.1, 0.15) is 17.5 Å². The third-order valence-electron chi connectivity index (χ3n) is 3.21. The summed E-state index contributed by atoms with van der Waals surface area (Å²) < 4.78 is 39.0. The van der Waals surface area contributed by atoms with E-state index >= 15 is 0 Å². The van der Waals surface area contributed by atoms with Crippen LogP contribution in [0.4, 0.5) is 18.9 Å². The van der Waals surface area contributed by atoms with E-state index in [9.17, 15) is 13.2 Å². The van der Waals surface area contributed by atoms with Crippen molar-refractivity contribution in [3.63, 3.8) is 0 Å². The number of hydrogen-bond acceptors (Lipinski definition) is 2. The molecule has 1 aliphatic heterocycles. The summed E-state index contributed by atoms with van der Waals surface area (Å²) in [6.07, 6.45) is -0.526. The predicted molar refractivity (Wildman–Crippen MR) is 65.4 cm³/mol. The summed E-state index contributed by atoms with van der Waals surface area (Å²) in [4.78, 5) is 0. The van der Waals surface area contributed by atoms with Crippen LogP contribution in [0, 0.1) is 0 Å². The molecule has 19 heavy (non-hydrogen) atoms. The first kappa shape index (κ1) is 12.1. The Morgan fingerprint density at radius 3 is 2.84 bits per heavy atom. The minimum Gasteiger partial charge on any atom is -0.383 e. The highest BCUT2D eigenvalue weighted by atomic mass is 19.4. The van der Waals surface area contributed by atoms with Crippen molar-refractivity contribution in [2.75, 3.05) is 11.9 Å². The summed E-state index contributed by atoms with van der Waals surface area (Å²) in [6, 6.07) is 5.60. The molecule has 2 aromatic rings. The van der Waals surface area contributed by atoms with Gasteiger partial charge in [0.15, 0.2) is 0 Å². The van der Waals surface area contributed by atoms with E-state index < -0.39 is 11.7 Å². The van der Waals surface area contributed by atoms with E-state index in [1.807, 2.05) is 12.1 Å². The molecule has 0 fully saturated rings. The van der Waals surface area contributed by atoms with Gasteiger partial charge in [0.25, 0.3) is 0 Å². The normalized spacial score (nSPS) is 14.9. The largest absolute Gasteiger partial charge is 0.419 e. The quantitative estimate of drug-likeness (QED) is 0.859. The Morgan fingerprint density at radius 2 is 2.11 bits per heavy atom. The first-order chi connectivity index (χ1) is 9.05. The number of anilines is 1. The zero-order chi connectivity index (χ0) is 13.5. The van der Waals surface area contributed by atoms with E-state index in [2.05, 4.69) is 10.4 Å². The van der Waals surface area contributed by atoms with Gasteiger partial charge >= 0.3 is 6.18 Å². The van der Waals surface area contributed by atoms with E-state index in [0.29, 0.717) is 5.69 Å². The lowest BCUT2D eigenvalue weighted by molar-refractivity contribution is -0.137. The van der Waals surface area contributed by atoms with Crippen LogP contribution in [0.2, 0.25) is 0 Å². The summed E-state index contributed by atoms with van der Waals surface area (Å²) in [5.74, 6) is 0. The Bertz CT molecular complexity index is 601. The summed E-state index contributed by atoms with van der Waals surface area (Å²) in [5, 5.41) is 7.05. The van der Waals surface area contributed by atoms with Crippen LogP contribution in [0.15, 0.2) is 30.6 Å². The number of aromatic nitrogens is 2. The molecule has 0 unspecified atom stereocenters. The van der Waals surface area contributed by atoms with Crippen LogP contribution in [-0.4, -0.2) is 16.3 Å². The number of benzene rings is 1. The molecule has 2 heterocycles. The average Bonchev–Trinajstić information content (AvgIpc) is 2.87. The number of rotatable bonds is 1. The monoisotopic (exact) mass is 267 g/mol. The topological polar surface area (TPSA) is 29.9 Å². The number of alkyl halides is 3. The fourth-order valence-electron chi connectivity index (χ4n) is 2.28. The number of fused-ring (bicyclic) bond motifs is 1. The first-order valence-electron chi connectivity index (χ1n) is 6.04. The van der Waals surface area contributed by atoms with E-state index in [1.165, 1.54) is 4.68 Å². The van der Waals surface area contributed by atoms with Crippen molar-refractivity contribution < 1.29 is 13.2 Å². The Labute approximate surface area is 108 Å². The van der Waals surface area contributed by atoms with Gasteiger partial charge in [0.2, 0.25) is 0 Å². The van der Waals surface area contributed by atoms with Gasteiger partial charge in [-0.15, -0.1) is 0 Å². The van der Waals surface area contributed by atoms with Crippen LogP contribution in [-0.2, 0) is 12.6 Å². The first-order valence-corrected chi connectivity index (χ1v) is 6.04. The molecule has 0 aliphatic carbocycles. The summed E-state index contributed by atoms with van der Waals surface area (Å²) in [6.45, 7) is 0.831. The zero-order valence-corrected chi connectivity index (χ0v) is 10.0. The van der Waals surface area contributed by atoms with Crippen molar-refractivity contribution in [2.24, 2.45) is 0 Å². The highest BCUT2D eigenvalue weighted by Gasteiger charge is 2.32. The number of nitrogens with zero attached hydrogens (tertiary/aromatic N) is 2. The molecule has 0 atom stereocenters. The fourth-order valence-corrected chi connectivity index (χ4v) is 2.28. The summed E-state index contributed by atoms with van der Waals surface area (Å²) >= 11 is 0. The molecular weight excluding hydrogens is 255 g/mol. The second kappa shape index (κ2) is 4.29. The van der Waals surface area contributed by atoms with Crippen LogP contribution in [0.5, 0.6) is 0 Å². The van der Waals surface area contributed by atoms with Crippen molar-refractivity contribution in [3.8, 4) is 5.69 Å². The molecule has 1 aromatic heterocycles. The van der Waals surface area contributed by atoms with Gasteiger partial charge in [-0.05, 0) is 24.5 Å². The molecule has 0 bridgehead atoms. The molecule has 0 amide bonds. The molecule has 6 heteroatoms. The maximum Gasteiger partial charge on any atom is 0.419 e. The molecule has 3 nitrogen and oxygen atoms in total. The van der Waals surface area contributed by atoms with Crippen LogP contribution in [0.25, 0.3) is 5.69 Å². The summed E-state index contributed by atoms with van der Waals surface area (Å²) in [5.41, 5.74) is 1.92. The molecule has 0 radical (unpaired) electrons. The van der Waals surface area contributed by atoms with Gasteiger partial charge in [-0.25, -0.2) is 4.68 Å². The van der Waals surface area contributed by atoms with Gasteiger partial charge < -0.3 is 5.32 Å². The number of halogens is 3. The molecule has 1 aromatic carbocycles. The Morgan fingerprint density at radius 1 is 1.26 bits per heavy atom. The van der Waals surface area contributed by atoms with E-state index in [0.717, 1.165) is 43.0 Å². The lowest BCUT2D eigenvalue weighted by atomic mass is 10.0. The fraction of sp³-hybridized carbons (Fsp3) is 0.308. The van der Waals surface area contributed by atoms with Crippen molar-refractivity contribution in [3.05, 3.63) is 41.7 Å². The maximum absolute atomic E-state index is 12.6. The zero-order valence-electron chi connectivity index (χ0n) is 10.0. The molecule has 1 N–H and O–H groups in total. The molecule has 0 spiro atoms. The predicted octanol–water partition coefficient (Wildman–Crippen LogP) is 3.25. The third kappa shape index (κ3) is 2.18. The highest BCUT2D eigenvalue weighted by molar-refractivity contribution is 5.66. The second-order valence-corrected chi connectivity index (χ2v) is 4.51. The number of aryl methyl sites for hydroxylation is 1. The second-order valence-electron chi connectivity index (χ2n) is 4.51. The maximum atomic E-state index is 12.6. The molecule has 100 valence electrons. The van der Waals surface area contributed by atoms with Gasteiger partial charge in [-0.3, -0.25) is 0 Å². The number of nitrogens with one attached hydrogen (secondary N) is 1. The Kier molecular flexibility index (Phi) is 2.73. The Hall–Kier alpha value is -1.98. The van der Waals surface area contributed by atoms with Crippen LogP contribution in [0.3, 0.4) is 0 Å². The van der Waals surface area contributed by atoms with Crippen LogP contribution >= 0.6 is 0 Å². The number of para-hydroxylation sites is 1. The van der Waals surface area contributed by atoms with E-state index in [4.69, 9.17) is 0 Å². The van der Waals surface area contributed by atoms with Gasteiger partial charge in [0.1, 0.15) is 0 Å². The van der Waals surface area contributed by atoms with Crippen molar-refractivity contribution in [2.45, 2.75) is 19.0 Å². The molecule has 0 saturated carbocycles. The highest BCUT2D eigenvalue weighted by Crippen LogP contribution is 2.32. The molecule has 1 aliphatic rings. The van der Waals surface area contributed by atoms with Crippen molar-refractivity contribution in [1.29, 1.82) is 0 Å². The van der Waals surface area contributed by atoms with Gasteiger partial charge in [0, 0.05) is 12.7 Å². The standard InChI is InChI=1S/C13H12F3N3/c14-13(15,16)10-7-18-19(8-10)11-5-1-3-9-4-2-6-17-12(9)11/h1,3,5,7-8,17H,2,4,6H2. The smallest absolute Gasteiger partial charge is 0.383 e. The molecular formula is C13H12F3N3. The summed E-state index contributed by atoms with van der Waals surface area (Å²) in [7, 11) is 0. The van der Waals surface area contributed by atoms with Crippen LogP contribution < -0.4 is 5.32 Å². The number of hydrogen-bond donors (Lipinski definition) is 1. The van der Waals surface area contributed by atoms with Gasteiger partial charge in [-0.1, -0.05) is 12.1 Å². The van der Waals surface area contributed by atoms with E-state index in [1.54, 1.807) is 6.07 Å². The van der Waals surface area contributed by atoms with Crippen molar-refractivity contribution >= 4 is 5.69 Å². The minimum atomic E-state index is -4.36. The SMILES string of the molecule is FC(F)(F)c1cnn(-c2cccc3c2NCCC3)c1. The van der Waals surface area contributed by atoms with Crippen molar-refractivity contribution in [1.82, 2.24) is 9.78 Å². The third-order valence-corrected chi connectivity index (χ3v) is 3.21.